The van der Waals surface area contributed by atoms with E-state index >= 15 is 0 Å². The fraction of sp³-hybridized carbons (Fsp3) is 0.417. The van der Waals surface area contributed by atoms with Crippen LogP contribution in [0.1, 0.15) is 19.4 Å². The molecule has 0 aliphatic rings. The van der Waals surface area contributed by atoms with E-state index in [1.165, 1.54) is 12.1 Å². The van der Waals surface area contributed by atoms with Crippen LogP contribution >= 0.6 is 11.6 Å². The Hall–Kier alpha value is -0.930. The van der Waals surface area contributed by atoms with Gasteiger partial charge in [-0.15, -0.1) is 0 Å². The summed E-state index contributed by atoms with van der Waals surface area (Å²) in [7, 11) is 0. The molecule has 0 heterocycles. The first kappa shape index (κ1) is 13.1. The smallest absolute Gasteiger partial charge is 0.165 e. The quantitative estimate of drug-likeness (QED) is 0.884. The highest BCUT2D eigenvalue weighted by Gasteiger charge is 2.20. The van der Waals surface area contributed by atoms with Crippen LogP contribution in [-0.4, -0.2) is 17.0 Å². The average Bonchev–Trinajstić information content (AvgIpc) is 2.23. The molecule has 16 heavy (non-hydrogen) atoms. The van der Waals surface area contributed by atoms with Gasteiger partial charge in [0.15, 0.2) is 5.78 Å². The summed E-state index contributed by atoms with van der Waals surface area (Å²) >= 11 is 5.59. The Labute approximate surface area is 99.0 Å². The molecule has 0 bridgehead atoms. The Morgan fingerprint density at radius 2 is 2.12 bits per heavy atom. The van der Waals surface area contributed by atoms with Crippen molar-refractivity contribution in [2.45, 2.75) is 26.4 Å². The van der Waals surface area contributed by atoms with Crippen LogP contribution in [0, 0.1) is 11.7 Å². The number of carbonyl (C=O) groups is 1. The van der Waals surface area contributed by atoms with Crippen molar-refractivity contribution in [3.05, 3.63) is 34.6 Å². The zero-order chi connectivity index (χ0) is 12.3. The molecule has 2 nitrogen and oxygen atoms in total. The lowest BCUT2D eigenvalue weighted by molar-refractivity contribution is -0.128. The molecule has 0 amide bonds. The molecule has 0 spiro atoms. The Morgan fingerprint density at radius 1 is 1.50 bits per heavy atom. The van der Waals surface area contributed by atoms with Gasteiger partial charge in [0, 0.05) is 6.42 Å². The highest BCUT2D eigenvalue weighted by atomic mass is 35.5. The van der Waals surface area contributed by atoms with Crippen LogP contribution in [0.5, 0.6) is 0 Å². The van der Waals surface area contributed by atoms with Gasteiger partial charge in [-0.05, 0) is 17.5 Å². The first-order chi connectivity index (χ1) is 7.43. The maximum absolute atomic E-state index is 13.5. The third-order valence-electron chi connectivity index (χ3n) is 2.36. The number of rotatable bonds is 4. The molecular weight excluding hydrogens is 231 g/mol. The summed E-state index contributed by atoms with van der Waals surface area (Å²) < 4.78 is 13.5. The van der Waals surface area contributed by atoms with Crippen molar-refractivity contribution in [2.75, 3.05) is 0 Å². The lowest BCUT2D eigenvalue weighted by Gasteiger charge is -2.13. The molecule has 0 saturated carbocycles. The minimum Gasteiger partial charge on any atom is -0.385 e. The third kappa shape index (κ3) is 3.03. The van der Waals surface area contributed by atoms with Crippen molar-refractivity contribution in [1.29, 1.82) is 0 Å². The van der Waals surface area contributed by atoms with Gasteiger partial charge in [-0.2, -0.15) is 0 Å². The van der Waals surface area contributed by atoms with E-state index in [-0.39, 0.29) is 22.9 Å². The number of Topliss-reactive ketones (excluding diaryl/α,β-unsaturated/α-hetero) is 1. The predicted molar refractivity (Wildman–Crippen MR) is 61.0 cm³/mol. The van der Waals surface area contributed by atoms with Crippen LogP contribution in [0.4, 0.5) is 4.39 Å². The molecule has 1 aromatic carbocycles. The van der Waals surface area contributed by atoms with Crippen LogP contribution in [0.25, 0.3) is 0 Å². The van der Waals surface area contributed by atoms with Crippen LogP contribution in [0.15, 0.2) is 18.2 Å². The molecule has 0 radical (unpaired) electrons. The molecule has 4 heteroatoms. The fourth-order valence-electron chi connectivity index (χ4n) is 1.35. The van der Waals surface area contributed by atoms with E-state index in [0.717, 1.165) is 0 Å². The second kappa shape index (κ2) is 5.41. The number of carbonyl (C=O) groups excluding carboxylic acids is 1. The van der Waals surface area contributed by atoms with Crippen molar-refractivity contribution >= 4 is 17.4 Å². The molecule has 0 saturated heterocycles. The molecule has 88 valence electrons. The van der Waals surface area contributed by atoms with Crippen molar-refractivity contribution in [1.82, 2.24) is 0 Å². The SMILES string of the molecule is CC(C)C(O)C(=O)Cc1cccc(Cl)c1F. The van der Waals surface area contributed by atoms with Gasteiger partial charge >= 0.3 is 0 Å². The van der Waals surface area contributed by atoms with E-state index in [2.05, 4.69) is 0 Å². The van der Waals surface area contributed by atoms with Crippen LogP contribution in [0.2, 0.25) is 5.02 Å². The second-order valence-electron chi connectivity index (χ2n) is 4.04. The van der Waals surface area contributed by atoms with E-state index in [1.54, 1.807) is 19.9 Å². The van der Waals surface area contributed by atoms with E-state index in [4.69, 9.17) is 11.6 Å². The maximum atomic E-state index is 13.5. The largest absolute Gasteiger partial charge is 0.385 e. The van der Waals surface area contributed by atoms with Gasteiger partial charge in [0.2, 0.25) is 0 Å². The predicted octanol–water partition coefficient (Wildman–Crippen LogP) is 2.61. The number of benzene rings is 1. The highest BCUT2D eigenvalue weighted by Crippen LogP contribution is 2.19. The van der Waals surface area contributed by atoms with E-state index < -0.39 is 17.7 Å². The number of aliphatic hydroxyl groups is 1. The fourth-order valence-corrected chi connectivity index (χ4v) is 1.54. The highest BCUT2D eigenvalue weighted by molar-refractivity contribution is 6.30. The molecular formula is C12H14ClFO2. The number of aliphatic hydroxyl groups excluding tert-OH is 1. The van der Waals surface area contributed by atoms with Gasteiger partial charge in [-0.3, -0.25) is 4.79 Å². The number of halogens is 2. The zero-order valence-corrected chi connectivity index (χ0v) is 9.96. The lowest BCUT2D eigenvalue weighted by Crippen LogP contribution is -2.27. The molecule has 0 aliphatic carbocycles. The van der Waals surface area contributed by atoms with Crippen LogP contribution < -0.4 is 0 Å². The molecule has 0 aromatic heterocycles. The monoisotopic (exact) mass is 244 g/mol. The summed E-state index contributed by atoms with van der Waals surface area (Å²) in [5, 5.41) is 9.50. The number of hydrogen-bond acceptors (Lipinski definition) is 2. The first-order valence-corrected chi connectivity index (χ1v) is 5.45. The first-order valence-electron chi connectivity index (χ1n) is 5.07. The molecule has 1 unspecified atom stereocenters. The Morgan fingerprint density at radius 3 is 2.69 bits per heavy atom. The van der Waals surface area contributed by atoms with Crippen molar-refractivity contribution < 1.29 is 14.3 Å². The third-order valence-corrected chi connectivity index (χ3v) is 2.65. The van der Waals surface area contributed by atoms with Gasteiger partial charge in [-0.1, -0.05) is 37.6 Å². The molecule has 0 fully saturated rings. The minimum atomic E-state index is -1.06. The zero-order valence-electron chi connectivity index (χ0n) is 9.21. The Balaban J connectivity index is 2.81. The van der Waals surface area contributed by atoms with E-state index in [9.17, 15) is 14.3 Å². The number of hydrogen-bond donors (Lipinski definition) is 1. The molecule has 0 aliphatic heterocycles. The van der Waals surface area contributed by atoms with Gasteiger partial charge in [-0.25, -0.2) is 4.39 Å². The summed E-state index contributed by atoms with van der Waals surface area (Å²) in [6.07, 6.45) is -1.19. The van der Waals surface area contributed by atoms with Gasteiger partial charge in [0.25, 0.3) is 0 Å². The minimum absolute atomic E-state index is 0.00987. The molecule has 1 rings (SSSR count). The summed E-state index contributed by atoms with van der Waals surface area (Å²) in [5.74, 6) is -1.15. The average molecular weight is 245 g/mol. The summed E-state index contributed by atoms with van der Waals surface area (Å²) in [4.78, 5) is 11.6. The summed E-state index contributed by atoms with van der Waals surface area (Å²) in [6, 6.07) is 4.49. The molecule has 1 aromatic rings. The second-order valence-corrected chi connectivity index (χ2v) is 4.45. The summed E-state index contributed by atoms with van der Waals surface area (Å²) in [5.41, 5.74) is 0.220. The van der Waals surface area contributed by atoms with Crippen molar-refractivity contribution in [3.8, 4) is 0 Å². The van der Waals surface area contributed by atoms with E-state index in [1.807, 2.05) is 0 Å². The van der Waals surface area contributed by atoms with Gasteiger partial charge in [0.05, 0.1) is 5.02 Å². The lowest BCUT2D eigenvalue weighted by atomic mass is 9.98. The van der Waals surface area contributed by atoms with Crippen molar-refractivity contribution in [2.24, 2.45) is 5.92 Å². The standard InChI is InChI=1S/C12H14ClFO2/c1-7(2)12(16)10(15)6-8-4-3-5-9(13)11(8)14/h3-5,7,12,16H,6H2,1-2H3. The topological polar surface area (TPSA) is 37.3 Å². The van der Waals surface area contributed by atoms with Gasteiger partial charge in [0.1, 0.15) is 11.9 Å². The van der Waals surface area contributed by atoms with Crippen LogP contribution in [-0.2, 0) is 11.2 Å². The molecule has 1 N–H and O–H groups in total. The number of ketones is 1. The van der Waals surface area contributed by atoms with Crippen LogP contribution in [0.3, 0.4) is 0 Å². The van der Waals surface area contributed by atoms with E-state index in [0.29, 0.717) is 0 Å². The Kier molecular flexibility index (Phi) is 4.44. The summed E-state index contributed by atoms with van der Waals surface area (Å²) in [6.45, 7) is 3.47. The van der Waals surface area contributed by atoms with Gasteiger partial charge < -0.3 is 5.11 Å². The molecule has 1 atom stereocenters. The Bertz CT molecular complexity index is 391. The maximum Gasteiger partial charge on any atom is 0.165 e. The van der Waals surface area contributed by atoms with Crippen molar-refractivity contribution in [3.63, 3.8) is 0 Å². The normalized spacial score (nSPS) is 12.9.